The standard InChI is InChI=1S/C14H13FN4OS/c15-10-7-11(16)9-12(8-10)21-6-5-19-14(20)18-4-2-1-3-13(18)17-19/h1-4,7-9H,5-6,16H2. The highest BCUT2D eigenvalue weighted by molar-refractivity contribution is 7.99. The molecule has 0 aliphatic rings. The Morgan fingerprint density at radius 3 is 2.90 bits per heavy atom. The van der Waals surface area contributed by atoms with Gasteiger partial charge in [0.15, 0.2) is 5.65 Å². The zero-order valence-corrected chi connectivity index (χ0v) is 11.9. The summed E-state index contributed by atoms with van der Waals surface area (Å²) in [5.41, 5.74) is 6.42. The minimum atomic E-state index is -0.359. The molecule has 0 unspecified atom stereocenters. The Labute approximate surface area is 124 Å². The molecule has 0 bridgehead atoms. The number of nitrogen functional groups attached to an aromatic ring is 1. The summed E-state index contributed by atoms with van der Waals surface area (Å²) in [5.74, 6) is 0.245. The lowest BCUT2D eigenvalue weighted by Gasteiger charge is -2.03. The van der Waals surface area contributed by atoms with Gasteiger partial charge in [0.2, 0.25) is 0 Å². The second-order valence-electron chi connectivity index (χ2n) is 4.50. The molecule has 0 aliphatic carbocycles. The molecule has 0 amide bonds. The van der Waals surface area contributed by atoms with Gasteiger partial charge in [-0.2, -0.15) is 0 Å². The lowest BCUT2D eigenvalue weighted by Crippen LogP contribution is -2.21. The van der Waals surface area contributed by atoms with Crippen LogP contribution < -0.4 is 11.4 Å². The molecule has 7 heteroatoms. The average Bonchev–Trinajstić information content (AvgIpc) is 2.75. The fourth-order valence-corrected chi connectivity index (χ4v) is 2.95. The van der Waals surface area contributed by atoms with Gasteiger partial charge < -0.3 is 5.73 Å². The Hall–Kier alpha value is -2.28. The Balaban J connectivity index is 1.72. The first kappa shape index (κ1) is 13.7. The van der Waals surface area contributed by atoms with Crippen LogP contribution in [-0.2, 0) is 6.54 Å². The Kier molecular flexibility index (Phi) is 3.66. The smallest absolute Gasteiger partial charge is 0.350 e. The van der Waals surface area contributed by atoms with E-state index in [4.69, 9.17) is 5.73 Å². The van der Waals surface area contributed by atoms with Crippen LogP contribution in [0.1, 0.15) is 0 Å². The van der Waals surface area contributed by atoms with Crippen LogP contribution in [0.5, 0.6) is 0 Å². The number of fused-ring (bicyclic) bond motifs is 1. The van der Waals surface area contributed by atoms with Crippen LogP contribution in [0, 0.1) is 5.82 Å². The summed E-state index contributed by atoms with van der Waals surface area (Å²) in [5, 5.41) is 4.23. The van der Waals surface area contributed by atoms with Crippen molar-refractivity contribution in [3.8, 4) is 0 Å². The van der Waals surface area contributed by atoms with Gasteiger partial charge in [-0.25, -0.2) is 13.9 Å². The highest BCUT2D eigenvalue weighted by atomic mass is 32.2. The van der Waals surface area contributed by atoms with E-state index in [-0.39, 0.29) is 11.5 Å². The number of benzene rings is 1. The van der Waals surface area contributed by atoms with Crippen molar-refractivity contribution in [1.82, 2.24) is 14.2 Å². The summed E-state index contributed by atoms with van der Waals surface area (Å²) >= 11 is 1.43. The van der Waals surface area contributed by atoms with Crippen LogP contribution >= 0.6 is 11.8 Å². The van der Waals surface area contributed by atoms with Gasteiger partial charge in [0.1, 0.15) is 5.82 Å². The zero-order valence-electron chi connectivity index (χ0n) is 11.1. The molecule has 0 radical (unpaired) electrons. The van der Waals surface area contributed by atoms with Gasteiger partial charge in [-0.05, 0) is 30.3 Å². The quantitative estimate of drug-likeness (QED) is 0.591. The summed E-state index contributed by atoms with van der Waals surface area (Å²) < 4.78 is 16.1. The van der Waals surface area contributed by atoms with Crippen LogP contribution in [0.15, 0.2) is 52.3 Å². The molecule has 0 aliphatic heterocycles. The highest BCUT2D eigenvalue weighted by Gasteiger charge is 2.06. The molecule has 21 heavy (non-hydrogen) atoms. The van der Waals surface area contributed by atoms with Crippen molar-refractivity contribution in [3.05, 3.63) is 58.9 Å². The van der Waals surface area contributed by atoms with E-state index in [1.165, 1.54) is 33.0 Å². The molecule has 5 nitrogen and oxygen atoms in total. The van der Waals surface area contributed by atoms with E-state index in [2.05, 4.69) is 5.10 Å². The minimum Gasteiger partial charge on any atom is -0.399 e. The third-order valence-corrected chi connectivity index (χ3v) is 3.91. The van der Waals surface area contributed by atoms with Gasteiger partial charge in [-0.15, -0.1) is 16.9 Å². The fraction of sp³-hybridized carbons (Fsp3) is 0.143. The molecule has 0 saturated heterocycles. The van der Waals surface area contributed by atoms with Crippen molar-refractivity contribution in [3.63, 3.8) is 0 Å². The topological polar surface area (TPSA) is 65.3 Å². The molecule has 0 saturated carbocycles. The SMILES string of the molecule is Nc1cc(F)cc(SCCn2nc3ccccn3c2=O)c1. The average molecular weight is 304 g/mol. The number of anilines is 1. The second kappa shape index (κ2) is 5.61. The number of nitrogens with zero attached hydrogens (tertiary/aromatic N) is 3. The van der Waals surface area contributed by atoms with E-state index in [0.29, 0.717) is 23.6 Å². The number of aryl methyl sites for hydroxylation is 1. The number of rotatable bonds is 4. The number of halogens is 1. The van der Waals surface area contributed by atoms with E-state index in [1.807, 2.05) is 6.07 Å². The lowest BCUT2D eigenvalue weighted by molar-refractivity contribution is 0.624. The van der Waals surface area contributed by atoms with Crippen molar-refractivity contribution in [1.29, 1.82) is 0 Å². The first-order chi connectivity index (χ1) is 10.1. The van der Waals surface area contributed by atoms with Crippen LogP contribution in [0.2, 0.25) is 0 Å². The largest absolute Gasteiger partial charge is 0.399 e. The fourth-order valence-electron chi connectivity index (χ4n) is 2.03. The second-order valence-corrected chi connectivity index (χ2v) is 5.67. The number of nitrogens with two attached hydrogens (primary N) is 1. The number of pyridine rings is 1. The van der Waals surface area contributed by atoms with Crippen molar-refractivity contribution in [2.24, 2.45) is 0 Å². The summed E-state index contributed by atoms with van der Waals surface area (Å²) in [6.45, 7) is 0.446. The minimum absolute atomic E-state index is 0.176. The van der Waals surface area contributed by atoms with Gasteiger partial charge >= 0.3 is 5.69 Å². The molecule has 0 atom stereocenters. The summed E-state index contributed by atoms with van der Waals surface area (Å²) in [6.07, 6.45) is 1.68. The summed E-state index contributed by atoms with van der Waals surface area (Å²) in [7, 11) is 0. The Morgan fingerprint density at radius 1 is 1.29 bits per heavy atom. The van der Waals surface area contributed by atoms with E-state index in [0.717, 1.165) is 4.90 Å². The Morgan fingerprint density at radius 2 is 2.14 bits per heavy atom. The van der Waals surface area contributed by atoms with Crippen molar-refractivity contribution in [2.45, 2.75) is 11.4 Å². The van der Waals surface area contributed by atoms with E-state index < -0.39 is 0 Å². The van der Waals surface area contributed by atoms with Crippen LogP contribution in [0.4, 0.5) is 10.1 Å². The van der Waals surface area contributed by atoms with Gasteiger partial charge in [-0.3, -0.25) is 4.40 Å². The first-order valence-electron chi connectivity index (χ1n) is 6.36. The summed E-state index contributed by atoms with van der Waals surface area (Å²) in [4.78, 5) is 12.8. The van der Waals surface area contributed by atoms with Crippen LogP contribution in [-0.4, -0.2) is 19.9 Å². The number of hydrogen-bond acceptors (Lipinski definition) is 4. The van der Waals surface area contributed by atoms with Crippen molar-refractivity contribution < 1.29 is 4.39 Å². The van der Waals surface area contributed by atoms with E-state index in [1.54, 1.807) is 24.4 Å². The normalized spacial score (nSPS) is 11.1. The Bertz CT molecular complexity index is 822. The number of hydrogen-bond donors (Lipinski definition) is 1. The van der Waals surface area contributed by atoms with Gasteiger partial charge in [-0.1, -0.05) is 6.07 Å². The molecule has 2 aromatic heterocycles. The molecule has 3 aromatic rings. The zero-order chi connectivity index (χ0) is 14.8. The maximum Gasteiger partial charge on any atom is 0.350 e. The third kappa shape index (κ3) is 2.92. The van der Waals surface area contributed by atoms with Gasteiger partial charge in [0.05, 0.1) is 6.54 Å². The highest BCUT2D eigenvalue weighted by Crippen LogP contribution is 2.22. The molecule has 108 valence electrons. The molecule has 2 heterocycles. The van der Waals surface area contributed by atoms with E-state index >= 15 is 0 Å². The van der Waals surface area contributed by atoms with Crippen LogP contribution in [0.25, 0.3) is 5.65 Å². The predicted molar refractivity (Wildman–Crippen MR) is 81.0 cm³/mol. The molecule has 2 N–H and O–H groups in total. The number of thioether (sulfide) groups is 1. The molecular formula is C14H13FN4OS. The van der Waals surface area contributed by atoms with E-state index in [9.17, 15) is 9.18 Å². The summed E-state index contributed by atoms with van der Waals surface area (Å²) in [6, 6.07) is 9.80. The maximum absolute atomic E-state index is 13.2. The molecule has 1 aromatic carbocycles. The first-order valence-corrected chi connectivity index (χ1v) is 7.35. The van der Waals surface area contributed by atoms with Gasteiger partial charge in [0, 0.05) is 22.5 Å². The maximum atomic E-state index is 13.2. The third-order valence-electron chi connectivity index (χ3n) is 2.95. The predicted octanol–water partition coefficient (Wildman–Crippen LogP) is 2.01. The van der Waals surface area contributed by atoms with Gasteiger partial charge in [0.25, 0.3) is 0 Å². The molecule has 3 rings (SSSR count). The van der Waals surface area contributed by atoms with Crippen molar-refractivity contribution in [2.75, 3.05) is 11.5 Å². The molecular weight excluding hydrogens is 291 g/mol. The number of aromatic nitrogens is 3. The molecule has 0 spiro atoms. The van der Waals surface area contributed by atoms with Crippen molar-refractivity contribution >= 4 is 23.1 Å². The molecule has 0 fully saturated rings. The monoisotopic (exact) mass is 304 g/mol. The van der Waals surface area contributed by atoms with Crippen LogP contribution in [0.3, 0.4) is 0 Å². The lowest BCUT2D eigenvalue weighted by atomic mass is 10.3.